The fraction of sp³-hybridized carbons (Fsp3) is 0.120. The molecule has 0 saturated heterocycles. The van der Waals surface area contributed by atoms with Crippen LogP contribution < -0.4 is 10.6 Å². The first kappa shape index (κ1) is 19.5. The second kappa shape index (κ2) is 9.09. The van der Waals surface area contributed by atoms with E-state index in [0.29, 0.717) is 30.8 Å². The molecule has 4 rings (SSSR count). The van der Waals surface area contributed by atoms with Crippen molar-refractivity contribution in [2.75, 3.05) is 11.9 Å². The van der Waals surface area contributed by atoms with Gasteiger partial charge in [0.05, 0.1) is 0 Å². The predicted octanol–water partition coefficient (Wildman–Crippen LogP) is 5.05. The summed E-state index contributed by atoms with van der Waals surface area (Å²) in [6.07, 6.45) is 0.319. The van der Waals surface area contributed by atoms with Crippen LogP contribution in [0.2, 0.25) is 0 Å². The minimum Gasteiger partial charge on any atom is -0.453 e. The summed E-state index contributed by atoms with van der Waals surface area (Å²) in [5.74, 6) is 0.213. The lowest BCUT2D eigenvalue weighted by atomic mass is 10.1. The number of furan rings is 1. The molecule has 0 atom stereocenters. The molecule has 1 amide bonds. The maximum absolute atomic E-state index is 12.4. The van der Waals surface area contributed by atoms with Crippen LogP contribution in [-0.4, -0.2) is 18.2 Å². The van der Waals surface area contributed by atoms with Gasteiger partial charge in [-0.1, -0.05) is 48.5 Å². The number of rotatable bonds is 8. The topological polar surface area (TPSA) is 71.3 Å². The molecule has 150 valence electrons. The lowest BCUT2D eigenvalue weighted by Gasteiger charge is -2.08. The number of hydrogen-bond acceptors (Lipinski definition) is 4. The van der Waals surface area contributed by atoms with Crippen molar-refractivity contribution in [2.45, 2.75) is 13.0 Å². The molecule has 0 bridgehead atoms. The molecule has 30 heavy (non-hydrogen) atoms. The molecular formula is C25H22N2O3. The van der Waals surface area contributed by atoms with Gasteiger partial charge in [0, 0.05) is 36.1 Å². The van der Waals surface area contributed by atoms with Crippen LogP contribution in [0, 0.1) is 0 Å². The minimum atomic E-state index is -0.120. The van der Waals surface area contributed by atoms with Crippen molar-refractivity contribution in [1.82, 2.24) is 5.32 Å². The maximum atomic E-state index is 12.4. The van der Waals surface area contributed by atoms with Crippen molar-refractivity contribution in [2.24, 2.45) is 0 Å². The number of carbonyl (C=O) groups is 2. The van der Waals surface area contributed by atoms with Crippen molar-refractivity contribution in [3.05, 3.63) is 102 Å². The molecule has 1 heterocycles. The molecule has 5 nitrogen and oxygen atoms in total. The molecule has 1 aromatic heterocycles. The second-order valence-corrected chi connectivity index (χ2v) is 6.99. The number of ketones is 1. The molecule has 2 N–H and O–H groups in total. The van der Waals surface area contributed by atoms with Crippen molar-refractivity contribution in [3.63, 3.8) is 0 Å². The highest BCUT2D eigenvalue weighted by Gasteiger charge is 2.12. The van der Waals surface area contributed by atoms with Gasteiger partial charge in [-0.05, 0) is 42.0 Å². The van der Waals surface area contributed by atoms with E-state index >= 15 is 0 Å². The largest absolute Gasteiger partial charge is 0.453 e. The average Bonchev–Trinajstić information content (AvgIpc) is 3.23. The third kappa shape index (κ3) is 4.75. The van der Waals surface area contributed by atoms with Gasteiger partial charge in [0.25, 0.3) is 5.91 Å². The molecule has 0 unspecified atom stereocenters. The Balaban J connectivity index is 1.26. The highest BCUT2D eigenvalue weighted by Crippen LogP contribution is 2.20. The number of fused-ring (bicyclic) bond motifs is 1. The van der Waals surface area contributed by atoms with Crippen molar-refractivity contribution in [1.29, 1.82) is 0 Å². The molecule has 0 aliphatic carbocycles. The number of nitrogens with one attached hydrogen (secondary N) is 2. The van der Waals surface area contributed by atoms with Gasteiger partial charge in [0.2, 0.25) is 0 Å². The first-order valence-corrected chi connectivity index (χ1v) is 9.87. The molecule has 4 aromatic rings. The molecule has 5 heteroatoms. The fourth-order valence-electron chi connectivity index (χ4n) is 3.18. The van der Waals surface area contributed by atoms with Crippen LogP contribution in [-0.2, 0) is 6.54 Å². The molecular weight excluding hydrogens is 376 g/mol. The van der Waals surface area contributed by atoms with E-state index in [9.17, 15) is 9.59 Å². The summed E-state index contributed by atoms with van der Waals surface area (Å²) in [5, 5.41) is 7.04. The molecule has 3 aromatic carbocycles. The Kier molecular flexibility index (Phi) is 5.90. The third-order valence-electron chi connectivity index (χ3n) is 4.82. The van der Waals surface area contributed by atoms with E-state index in [4.69, 9.17) is 4.42 Å². The predicted molar refractivity (Wildman–Crippen MR) is 118 cm³/mol. The molecule has 0 radical (unpaired) electrons. The van der Waals surface area contributed by atoms with Crippen molar-refractivity contribution in [3.8, 4) is 0 Å². The Morgan fingerprint density at radius 1 is 0.833 bits per heavy atom. The van der Waals surface area contributed by atoms with E-state index in [1.165, 1.54) is 0 Å². The summed E-state index contributed by atoms with van der Waals surface area (Å²) >= 11 is 0. The van der Waals surface area contributed by atoms with Gasteiger partial charge < -0.3 is 15.1 Å². The van der Waals surface area contributed by atoms with Gasteiger partial charge in [-0.15, -0.1) is 0 Å². The van der Waals surface area contributed by atoms with E-state index in [2.05, 4.69) is 10.6 Å². The number of para-hydroxylation sites is 1. The Morgan fingerprint density at radius 3 is 2.33 bits per heavy atom. The first-order valence-electron chi connectivity index (χ1n) is 9.87. The standard InChI is InChI=1S/C25H22N2O3/c28-22(24-16-20-8-4-5-9-23(20)30-24)14-15-26-21-12-10-19(11-13-21)25(29)27-17-18-6-2-1-3-7-18/h1-13,16,26H,14-15,17H2,(H,27,29). The van der Waals surface area contributed by atoms with Crippen LogP contribution in [0.15, 0.2) is 89.3 Å². The zero-order chi connectivity index (χ0) is 20.8. The number of carbonyl (C=O) groups excluding carboxylic acids is 2. The number of amides is 1. The van der Waals surface area contributed by atoms with Gasteiger partial charge in [0.1, 0.15) is 5.58 Å². The summed E-state index contributed by atoms with van der Waals surface area (Å²) < 4.78 is 5.61. The minimum absolute atomic E-state index is 0.0457. The molecule has 0 spiro atoms. The zero-order valence-electron chi connectivity index (χ0n) is 16.4. The fourth-order valence-corrected chi connectivity index (χ4v) is 3.18. The quantitative estimate of drug-likeness (QED) is 0.408. The molecule has 0 fully saturated rings. The van der Waals surface area contributed by atoms with Crippen LogP contribution >= 0.6 is 0 Å². The van der Waals surface area contributed by atoms with Crippen LogP contribution in [0.4, 0.5) is 5.69 Å². The number of anilines is 1. The Labute approximate surface area is 174 Å². The van der Waals surface area contributed by atoms with Crippen LogP contribution in [0.3, 0.4) is 0 Å². The average molecular weight is 398 g/mol. The lowest BCUT2D eigenvalue weighted by Crippen LogP contribution is -2.22. The van der Waals surface area contributed by atoms with E-state index < -0.39 is 0 Å². The zero-order valence-corrected chi connectivity index (χ0v) is 16.4. The van der Waals surface area contributed by atoms with Gasteiger partial charge >= 0.3 is 0 Å². The molecule has 0 saturated carbocycles. The van der Waals surface area contributed by atoms with Gasteiger partial charge in [-0.25, -0.2) is 0 Å². The SMILES string of the molecule is O=C(NCc1ccccc1)c1ccc(NCCC(=O)c2cc3ccccc3o2)cc1. The van der Waals surface area contributed by atoms with Gasteiger partial charge in [0.15, 0.2) is 11.5 Å². The number of Topliss-reactive ketones (excluding diaryl/α,β-unsaturated/α-hetero) is 1. The number of hydrogen-bond donors (Lipinski definition) is 2. The smallest absolute Gasteiger partial charge is 0.251 e. The van der Waals surface area contributed by atoms with Crippen LogP contribution in [0.5, 0.6) is 0 Å². The summed E-state index contributed by atoms with van der Waals surface area (Å²) in [6.45, 7) is 0.971. The Bertz CT molecular complexity index is 1110. The van der Waals surface area contributed by atoms with Gasteiger partial charge in [-0.2, -0.15) is 0 Å². The van der Waals surface area contributed by atoms with Crippen molar-refractivity contribution >= 4 is 28.3 Å². The molecule has 0 aliphatic heterocycles. The monoisotopic (exact) mass is 398 g/mol. The normalized spacial score (nSPS) is 10.7. The Hall–Kier alpha value is -3.86. The third-order valence-corrected chi connectivity index (χ3v) is 4.82. The first-order chi connectivity index (χ1) is 14.7. The number of benzene rings is 3. The Morgan fingerprint density at radius 2 is 1.57 bits per heavy atom. The van der Waals surface area contributed by atoms with Crippen molar-refractivity contribution < 1.29 is 14.0 Å². The van der Waals surface area contributed by atoms with Gasteiger partial charge in [-0.3, -0.25) is 9.59 Å². The molecule has 0 aliphatic rings. The summed E-state index contributed by atoms with van der Waals surface area (Å²) in [6, 6.07) is 26.3. The summed E-state index contributed by atoms with van der Waals surface area (Å²) in [4.78, 5) is 24.6. The maximum Gasteiger partial charge on any atom is 0.251 e. The summed E-state index contributed by atoms with van der Waals surface area (Å²) in [7, 11) is 0. The van der Waals surface area contributed by atoms with Crippen LogP contribution in [0.25, 0.3) is 11.0 Å². The highest BCUT2D eigenvalue weighted by atomic mass is 16.3. The van der Waals surface area contributed by atoms with E-state index in [1.54, 1.807) is 18.2 Å². The van der Waals surface area contributed by atoms with E-state index in [0.717, 1.165) is 22.2 Å². The summed E-state index contributed by atoms with van der Waals surface area (Å²) in [5.41, 5.74) is 3.22. The van der Waals surface area contributed by atoms with E-state index in [1.807, 2.05) is 66.7 Å². The van der Waals surface area contributed by atoms with Crippen LogP contribution in [0.1, 0.15) is 32.9 Å². The highest BCUT2D eigenvalue weighted by molar-refractivity contribution is 5.97. The second-order valence-electron chi connectivity index (χ2n) is 6.99. The van der Waals surface area contributed by atoms with E-state index in [-0.39, 0.29) is 11.7 Å². The lowest BCUT2D eigenvalue weighted by molar-refractivity contribution is 0.0947.